The molecule has 0 aromatic carbocycles. The molecule has 1 aliphatic heterocycles. The lowest BCUT2D eigenvalue weighted by Crippen LogP contribution is -2.55. The van der Waals surface area contributed by atoms with E-state index in [-0.39, 0.29) is 5.41 Å². The first kappa shape index (κ1) is 12.0. The standard InChI is InChI=1S/C12H21N3S/c1-12(2,3)11-14-9(8-16-11)7-15(4)10-5-13-6-10/h8,10,13H,5-7H2,1-4H3. The Hall–Kier alpha value is -0.450. The van der Waals surface area contributed by atoms with Gasteiger partial charge < -0.3 is 5.32 Å². The third-order valence-corrected chi connectivity index (χ3v) is 4.30. The summed E-state index contributed by atoms with van der Waals surface area (Å²) in [5.74, 6) is 0. The summed E-state index contributed by atoms with van der Waals surface area (Å²) in [6.45, 7) is 9.86. The fourth-order valence-electron chi connectivity index (χ4n) is 1.69. The van der Waals surface area contributed by atoms with E-state index in [1.165, 1.54) is 10.7 Å². The van der Waals surface area contributed by atoms with E-state index in [4.69, 9.17) is 4.98 Å². The van der Waals surface area contributed by atoms with Crippen LogP contribution in [0.2, 0.25) is 0 Å². The largest absolute Gasteiger partial charge is 0.314 e. The van der Waals surface area contributed by atoms with Crippen LogP contribution in [-0.2, 0) is 12.0 Å². The molecule has 0 unspecified atom stereocenters. The molecule has 0 saturated carbocycles. The van der Waals surface area contributed by atoms with Gasteiger partial charge in [-0.2, -0.15) is 0 Å². The van der Waals surface area contributed by atoms with Crippen LogP contribution in [0.5, 0.6) is 0 Å². The average molecular weight is 239 g/mol. The highest BCUT2D eigenvalue weighted by atomic mass is 32.1. The van der Waals surface area contributed by atoms with Gasteiger partial charge in [0.15, 0.2) is 0 Å². The number of likely N-dealkylation sites (N-methyl/N-ethyl adjacent to an activating group) is 1. The minimum Gasteiger partial charge on any atom is -0.314 e. The van der Waals surface area contributed by atoms with Gasteiger partial charge in [-0.25, -0.2) is 4.98 Å². The van der Waals surface area contributed by atoms with Crippen LogP contribution in [0, 0.1) is 0 Å². The van der Waals surface area contributed by atoms with Gasteiger partial charge in [0.2, 0.25) is 0 Å². The molecule has 2 rings (SSSR count). The molecule has 16 heavy (non-hydrogen) atoms. The quantitative estimate of drug-likeness (QED) is 0.872. The SMILES string of the molecule is CN(Cc1csc(C(C)(C)C)n1)C1CNC1. The lowest BCUT2D eigenvalue weighted by molar-refractivity contribution is 0.171. The normalized spacial score (nSPS) is 17.8. The molecule has 90 valence electrons. The fourth-order valence-corrected chi connectivity index (χ4v) is 2.59. The van der Waals surface area contributed by atoms with Gasteiger partial charge in [-0.15, -0.1) is 11.3 Å². The number of hydrogen-bond donors (Lipinski definition) is 1. The molecule has 1 aliphatic rings. The molecule has 4 heteroatoms. The van der Waals surface area contributed by atoms with Crippen molar-refractivity contribution in [3.8, 4) is 0 Å². The molecule has 3 nitrogen and oxygen atoms in total. The molecule has 1 aromatic rings. The molecule has 0 bridgehead atoms. The van der Waals surface area contributed by atoms with Crippen LogP contribution in [0.3, 0.4) is 0 Å². The second-order valence-corrected chi connectivity index (χ2v) is 6.48. The maximum absolute atomic E-state index is 4.72. The molecule has 0 spiro atoms. The molecule has 0 amide bonds. The zero-order valence-corrected chi connectivity index (χ0v) is 11.4. The smallest absolute Gasteiger partial charge is 0.0982 e. The first-order chi connectivity index (χ1) is 7.47. The Morgan fingerprint density at radius 2 is 2.19 bits per heavy atom. The lowest BCUT2D eigenvalue weighted by Gasteiger charge is -2.35. The Kier molecular flexibility index (Phi) is 3.33. The minimum atomic E-state index is 0.180. The van der Waals surface area contributed by atoms with E-state index in [9.17, 15) is 0 Å². The molecule has 1 aromatic heterocycles. The van der Waals surface area contributed by atoms with Gasteiger partial charge >= 0.3 is 0 Å². The molecular weight excluding hydrogens is 218 g/mol. The van der Waals surface area contributed by atoms with Crippen molar-refractivity contribution in [2.24, 2.45) is 0 Å². The van der Waals surface area contributed by atoms with E-state index in [0.29, 0.717) is 6.04 Å². The van der Waals surface area contributed by atoms with E-state index in [1.807, 2.05) is 0 Å². The Balaban J connectivity index is 1.97. The van der Waals surface area contributed by atoms with E-state index in [1.54, 1.807) is 11.3 Å². The molecule has 1 N–H and O–H groups in total. The highest BCUT2D eigenvalue weighted by molar-refractivity contribution is 7.09. The third kappa shape index (κ3) is 2.62. The Morgan fingerprint density at radius 3 is 2.62 bits per heavy atom. The molecule has 0 aliphatic carbocycles. The van der Waals surface area contributed by atoms with Gasteiger partial charge in [0.1, 0.15) is 0 Å². The summed E-state index contributed by atoms with van der Waals surface area (Å²) in [6, 6.07) is 0.694. The van der Waals surface area contributed by atoms with Gasteiger partial charge in [-0.3, -0.25) is 4.90 Å². The summed E-state index contributed by atoms with van der Waals surface area (Å²) in [4.78, 5) is 7.11. The first-order valence-corrected chi connectivity index (χ1v) is 6.70. The number of nitrogens with zero attached hydrogens (tertiary/aromatic N) is 2. The van der Waals surface area contributed by atoms with E-state index in [2.05, 4.69) is 43.4 Å². The predicted molar refractivity (Wildman–Crippen MR) is 68.9 cm³/mol. The van der Waals surface area contributed by atoms with E-state index >= 15 is 0 Å². The van der Waals surface area contributed by atoms with Crippen LogP contribution in [0.4, 0.5) is 0 Å². The zero-order valence-electron chi connectivity index (χ0n) is 10.6. The number of thiazole rings is 1. The van der Waals surface area contributed by atoms with Crippen molar-refractivity contribution < 1.29 is 0 Å². The monoisotopic (exact) mass is 239 g/mol. The van der Waals surface area contributed by atoms with Crippen LogP contribution < -0.4 is 5.32 Å². The Morgan fingerprint density at radius 1 is 1.50 bits per heavy atom. The highest BCUT2D eigenvalue weighted by Gasteiger charge is 2.23. The van der Waals surface area contributed by atoms with E-state index in [0.717, 1.165) is 19.6 Å². The predicted octanol–water partition coefficient (Wildman–Crippen LogP) is 1.84. The average Bonchev–Trinajstić information content (AvgIpc) is 2.47. The molecule has 2 heterocycles. The second-order valence-electron chi connectivity index (χ2n) is 5.62. The van der Waals surface area contributed by atoms with E-state index < -0.39 is 0 Å². The summed E-state index contributed by atoms with van der Waals surface area (Å²) in [7, 11) is 2.18. The van der Waals surface area contributed by atoms with Gasteiger partial charge in [0, 0.05) is 36.5 Å². The van der Waals surface area contributed by atoms with Crippen molar-refractivity contribution in [1.29, 1.82) is 0 Å². The number of nitrogens with one attached hydrogen (secondary N) is 1. The van der Waals surface area contributed by atoms with Crippen molar-refractivity contribution in [2.45, 2.75) is 38.8 Å². The van der Waals surface area contributed by atoms with Gasteiger partial charge in [-0.05, 0) is 7.05 Å². The summed E-state index contributed by atoms with van der Waals surface area (Å²) in [5.41, 5.74) is 1.39. The molecule has 1 saturated heterocycles. The van der Waals surface area contributed by atoms with Crippen molar-refractivity contribution in [3.63, 3.8) is 0 Å². The lowest BCUT2D eigenvalue weighted by atomic mass is 9.98. The Bertz CT molecular complexity index is 349. The van der Waals surface area contributed by atoms with Crippen LogP contribution >= 0.6 is 11.3 Å². The highest BCUT2D eigenvalue weighted by Crippen LogP contribution is 2.26. The maximum atomic E-state index is 4.72. The summed E-state index contributed by atoms with van der Waals surface area (Å²) in [6.07, 6.45) is 0. The fraction of sp³-hybridized carbons (Fsp3) is 0.750. The molecular formula is C12H21N3S. The van der Waals surface area contributed by atoms with Crippen LogP contribution in [0.1, 0.15) is 31.5 Å². The van der Waals surface area contributed by atoms with Crippen molar-refractivity contribution in [1.82, 2.24) is 15.2 Å². The topological polar surface area (TPSA) is 28.2 Å². The maximum Gasteiger partial charge on any atom is 0.0982 e. The van der Waals surface area contributed by atoms with Crippen molar-refractivity contribution in [2.75, 3.05) is 20.1 Å². The first-order valence-electron chi connectivity index (χ1n) is 5.82. The van der Waals surface area contributed by atoms with Gasteiger partial charge in [0.25, 0.3) is 0 Å². The Labute approximate surface area is 102 Å². The molecule has 0 atom stereocenters. The third-order valence-electron chi connectivity index (χ3n) is 2.99. The minimum absolute atomic E-state index is 0.180. The second kappa shape index (κ2) is 4.43. The van der Waals surface area contributed by atoms with Gasteiger partial charge in [-0.1, -0.05) is 20.8 Å². The van der Waals surface area contributed by atoms with Crippen molar-refractivity contribution in [3.05, 3.63) is 16.1 Å². The molecule has 0 radical (unpaired) electrons. The number of rotatable bonds is 3. The summed E-state index contributed by atoms with van der Waals surface area (Å²) >= 11 is 1.78. The number of aromatic nitrogens is 1. The van der Waals surface area contributed by atoms with Crippen LogP contribution in [0.25, 0.3) is 0 Å². The summed E-state index contributed by atoms with van der Waals surface area (Å²) in [5, 5.41) is 6.73. The van der Waals surface area contributed by atoms with Crippen molar-refractivity contribution >= 4 is 11.3 Å². The molecule has 1 fully saturated rings. The number of hydrogen-bond acceptors (Lipinski definition) is 4. The van der Waals surface area contributed by atoms with Crippen LogP contribution in [0.15, 0.2) is 5.38 Å². The zero-order chi connectivity index (χ0) is 11.8. The van der Waals surface area contributed by atoms with Gasteiger partial charge in [0.05, 0.1) is 10.7 Å². The summed E-state index contributed by atoms with van der Waals surface area (Å²) < 4.78 is 0. The van der Waals surface area contributed by atoms with Crippen LogP contribution in [-0.4, -0.2) is 36.1 Å².